The van der Waals surface area contributed by atoms with Gasteiger partial charge in [-0.1, -0.05) is 6.07 Å². The summed E-state index contributed by atoms with van der Waals surface area (Å²) in [6.45, 7) is 2.51. The van der Waals surface area contributed by atoms with Gasteiger partial charge in [0.2, 0.25) is 5.91 Å². The van der Waals surface area contributed by atoms with E-state index in [1.54, 1.807) is 0 Å². The lowest BCUT2D eigenvalue weighted by Gasteiger charge is -2.12. The molecule has 0 radical (unpaired) electrons. The second kappa shape index (κ2) is 6.13. The molecule has 2 aliphatic rings. The highest BCUT2D eigenvalue weighted by Crippen LogP contribution is 2.30. The van der Waals surface area contributed by atoms with Crippen LogP contribution in [-0.4, -0.2) is 31.8 Å². The predicted molar refractivity (Wildman–Crippen MR) is 72.9 cm³/mol. The average Bonchev–Trinajstić information content (AvgIpc) is 2.90. The van der Waals surface area contributed by atoms with Crippen LogP contribution < -0.4 is 14.8 Å². The van der Waals surface area contributed by atoms with E-state index in [4.69, 9.17) is 14.2 Å². The van der Waals surface area contributed by atoms with Gasteiger partial charge in [-0.15, -0.1) is 0 Å². The van der Waals surface area contributed by atoms with Gasteiger partial charge < -0.3 is 19.5 Å². The maximum absolute atomic E-state index is 11.9. The molecule has 2 aliphatic heterocycles. The zero-order valence-corrected chi connectivity index (χ0v) is 11.4. The van der Waals surface area contributed by atoms with Crippen molar-refractivity contribution < 1.29 is 19.0 Å². The Bertz CT molecular complexity index is 483. The molecule has 1 aromatic rings. The van der Waals surface area contributed by atoms with Crippen molar-refractivity contribution in [3.63, 3.8) is 0 Å². The maximum atomic E-state index is 11.9. The Morgan fingerprint density at radius 3 is 2.80 bits per heavy atom. The topological polar surface area (TPSA) is 56.8 Å². The summed E-state index contributed by atoms with van der Waals surface area (Å²) < 4.78 is 16.6. The Kier molecular flexibility index (Phi) is 4.06. The van der Waals surface area contributed by atoms with Crippen molar-refractivity contribution in [1.29, 1.82) is 0 Å². The van der Waals surface area contributed by atoms with Crippen LogP contribution >= 0.6 is 0 Å². The number of benzene rings is 1. The number of carbonyl (C=O) groups excluding carboxylic acids is 1. The Labute approximate surface area is 118 Å². The third-order valence-electron chi connectivity index (χ3n) is 3.50. The number of amides is 1. The molecule has 0 aliphatic carbocycles. The smallest absolute Gasteiger partial charge is 0.249 e. The number of fused-ring (bicyclic) bond motifs is 1. The molecule has 2 heterocycles. The first-order chi connectivity index (χ1) is 9.83. The molecule has 0 bridgehead atoms. The van der Waals surface area contributed by atoms with Crippen molar-refractivity contribution in [2.75, 3.05) is 19.8 Å². The molecule has 5 heteroatoms. The fourth-order valence-corrected chi connectivity index (χ4v) is 2.41. The highest BCUT2D eigenvalue weighted by atomic mass is 16.5. The average molecular weight is 277 g/mol. The van der Waals surface area contributed by atoms with E-state index >= 15 is 0 Å². The van der Waals surface area contributed by atoms with Crippen LogP contribution in [0.2, 0.25) is 0 Å². The highest BCUT2D eigenvalue weighted by Gasteiger charge is 2.23. The second-order valence-electron chi connectivity index (χ2n) is 5.05. The number of rotatable bonds is 3. The maximum Gasteiger partial charge on any atom is 0.249 e. The lowest BCUT2D eigenvalue weighted by atomic mass is 10.2. The Balaban J connectivity index is 1.60. The van der Waals surface area contributed by atoms with Crippen molar-refractivity contribution in [3.8, 4) is 11.5 Å². The second-order valence-corrected chi connectivity index (χ2v) is 5.05. The van der Waals surface area contributed by atoms with Gasteiger partial charge in [-0.05, 0) is 30.5 Å². The summed E-state index contributed by atoms with van der Waals surface area (Å²) in [5, 5.41) is 2.90. The molecule has 1 amide bonds. The van der Waals surface area contributed by atoms with Gasteiger partial charge >= 0.3 is 0 Å². The number of ether oxygens (including phenoxy) is 3. The molecule has 0 spiro atoms. The minimum atomic E-state index is -0.282. The van der Waals surface area contributed by atoms with E-state index in [0.717, 1.165) is 36.3 Å². The van der Waals surface area contributed by atoms with Crippen LogP contribution in [0.1, 0.15) is 24.8 Å². The van der Waals surface area contributed by atoms with Crippen LogP contribution in [0.5, 0.6) is 11.5 Å². The zero-order chi connectivity index (χ0) is 13.8. The fourth-order valence-electron chi connectivity index (χ4n) is 2.41. The van der Waals surface area contributed by atoms with Gasteiger partial charge in [-0.3, -0.25) is 4.79 Å². The molecular formula is C15H19NO4. The fraction of sp³-hybridized carbons (Fsp3) is 0.533. The van der Waals surface area contributed by atoms with Crippen LogP contribution in [-0.2, 0) is 16.1 Å². The van der Waals surface area contributed by atoms with Crippen molar-refractivity contribution in [3.05, 3.63) is 23.8 Å². The Morgan fingerprint density at radius 2 is 2.00 bits per heavy atom. The van der Waals surface area contributed by atoms with E-state index in [1.165, 1.54) is 0 Å². The van der Waals surface area contributed by atoms with Crippen LogP contribution in [0.25, 0.3) is 0 Å². The van der Waals surface area contributed by atoms with E-state index in [9.17, 15) is 4.79 Å². The van der Waals surface area contributed by atoms with Gasteiger partial charge in [0.05, 0.1) is 13.2 Å². The summed E-state index contributed by atoms with van der Waals surface area (Å²) >= 11 is 0. The monoisotopic (exact) mass is 277 g/mol. The molecule has 1 N–H and O–H groups in total. The van der Waals surface area contributed by atoms with Gasteiger partial charge in [0.1, 0.15) is 6.10 Å². The molecule has 1 fully saturated rings. The molecular weight excluding hydrogens is 258 g/mol. The molecule has 1 aromatic carbocycles. The summed E-state index contributed by atoms with van der Waals surface area (Å²) in [5.74, 6) is 1.50. The molecule has 1 atom stereocenters. The molecule has 1 unspecified atom stereocenters. The molecule has 108 valence electrons. The van der Waals surface area contributed by atoms with Crippen molar-refractivity contribution in [2.24, 2.45) is 0 Å². The van der Waals surface area contributed by atoms with Crippen LogP contribution in [0.15, 0.2) is 18.2 Å². The number of hydrogen-bond acceptors (Lipinski definition) is 4. The van der Waals surface area contributed by atoms with Gasteiger partial charge in [-0.25, -0.2) is 0 Å². The van der Waals surface area contributed by atoms with Crippen LogP contribution in [0, 0.1) is 0 Å². The SMILES string of the molecule is O=C(NCc1ccc2c(c1)OCCCO2)C1CCCO1. The summed E-state index contributed by atoms with van der Waals surface area (Å²) in [6.07, 6.45) is 2.38. The van der Waals surface area contributed by atoms with Crippen molar-refractivity contribution in [2.45, 2.75) is 31.9 Å². The van der Waals surface area contributed by atoms with E-state index < -0.39 is 0 Å². The lowest BCUT2D eigenvalue weighted by molar-refractivity contribution is -0.130. The summed E-state index contributed by atoms with van der Waals surface area (Å²) in [5.41, 5.74) is 1.00. The summed E-state index contributed by atoms with van der Waals surface area (Å²) in [7, 11) is 0. The van der Waals surface area contributed by atoms with Crippen molar-refractivity contribution >= 4 is 5.91 Å². The van der Waals surface area contributed by atoms with E-state index in [0.29, 0.717) is 26.4 Å². The molecule has 20 heavy (non-hydrogen) atoms. The third-order valence-corrected chi connectivity index (χ3v) is 3.50. The summed E-state index contributed by atoms with van der Waals surface area (Å²) in [6, 6.07) is 5.77. The molecule has 0 saturated carbocycles. The van der Waals surface area contributed by atoms with Crippen molar-refractivity contribution in [1.82, 2.24) is 5.32 Å². The first-order valence-electron chi connectivity index (χ1n) is 7.11. The number of carbonyl (C=O) groups is 1. The molecule has 0 aromatic heterocycles. The van der Waals surface area contributed by atoms with Gasteiger partial charge in [-0.2, -0.15) is 0 Å². The molecule has 3 rings (SSSR count). The minimum absolute atomic E-state index is 0.0328. The van der Waals surface area contributed by atoms with Gasteiger partial charge in [0, 0.05) is 19.6 Å². The Morgan fingerprint density at radius 1 is 1.15 bits per heavy atom. The minimum Gasteiger partial charge on any atom is -0.490 e. The Hall–Kier alpha value is -1.75. The van der Waals surface area contributed by atoms with Crippen LogP contribution in [0.4, 0.5) is 0 Å². The molecule has 1 saturated heterocycles. The normalized spacial score (nSPS) is 21.3. The van der Waals surface area contributed by atoms with E-state index in [1.807, 2.05) is 18.2 Å². The number of hydrogen-bond donors (Lipinski definition) is 1. The standard InChI is InChI=1S/C15H19NO4/c17-15(13-3-1-6-19-13)16-10-11-4-5-12-14(9-11)20-8-2-7-18-12/h4-5,9,13H,1-3,6-8,10H2,(H,16,17). The first kappa shape index (κ1) is 13.2. The van der Waals surface area contributed by atoms with E-state index in [2.05, 4.69) is 5.32 Å². The van der Waals surface area contributed by atoms with Crippen LogP contribution in [0.3, 0.4) is 0 Å². The quantitative estimate of drug-likeness (QED) is 0.912. The molecule has 5 nitrogen and oxygen atoms in total. The predicted octanol–water partition coefficient (Wildman–Crippen LogP) is 1.64. The summed E-state index contributed by atoms with van der Waals surface area (Å²) in [4.78, 5) is 11.9. The number of nitrogens with one attached hydrogen (secondary N) is 1. The van der Waals surface area contributed by atoms with E-state index in [-0.39, 0.29) is 12.0 Å². The first-order valence-corrected chi connectivity index (χ1v) is 7.11. The highest BCUT2D eigenvalue weighted by molar-refractivity contribution is 5.80. The lowest BCUT2D eigenvalue weighted by Crippen LogP contribution is -2.33. The zero-order valence-electron chi connectivity index (χ0n) is 11.4. The third kappa shape index (κ3) is 3.04. The van der Waals surface area contributed by atoms with Gasteiger partial charge in [0.15, 0.2) is 11.5 Å². The van der Waals surface area contributed by atoms with Gasteiger partial charge in [0.25, 0.3) is 0 Å². The largest absolute Gasteiger partial charge is 0.490 e.